The van der Waals surface area contributed by atoms with Gasteiger partial charge in [0, 0.05) is 24.4 Å². The van der Waals surface area contributed by atoms with Crippen LogP contribution >= 0.6 is 11.6 Å². The normalized spacial score (nSPS) is 10.3. The van der Waals surface area contributed by atoms with Gasteiger partial charge in [0.25, 0.3) is 0 Å². The molecule has 0 amide bonds. The minimum Gasteiger partial charge on any atom is -0.274 e. The van der Waals surface area contributed by atoms with Gasteiger partial charge in [0.15, 0.2) is 5.15 Å². The molecule has 13 heavy (non-hydrogen) atoms. The smallest absolute Gasteiger partial charge is 0.158 e. The van der Waals surface area contributed by atoms with E-state index in [1.54, 1.807) is 17.1 Å². The topological polar surface area (TPSA) is 43.6 Å². The Hall–Kier alpha value is -1.42. The summed E-state index contributed by atoms with van der Waals surface area (Å²) in [6, 6.07) is 1.84. The lowest BCUT2D eigenvalue weighted by molar-refractivity contribution is 0.768. The van der Waals surface area contributed by atoms with Crippen molar-refractivity contribution in [2.24, 2.45) is 7.05 Å². The molecule has 0 aliphatic rings. The van der Waals surface area contributed by atoms with E-state index in [-0.39, 0.29) is 0 Å². The number of rotatable bonds is 1. The van der Waals surface area contributed by atoms with E-state index >= 15 is 0 Å². The molecule has 0 radical (unpaired) electrons. The predicted octanol–water partition coefficient (Wildman–Crippen LogP) is 1.53. The number of nitrogens with zero attached hydrogens (tertiary/aromatic N) is 4. The lowest BCUT2D eigenvalue weighted by Gasteiger charge is -1.93. The Kier molecular flexibility index (Phi) is 1.98. The van der Waals surface area contributed by atoms with E-state index in [1.807, 2.05) is 19.3 Å². The SMILES string of the molecule is Cn1cc(-c2ccnnc2)c(Cl)n1. The molecule has 2 aromatic rings. The molecule has 0 bridgehead atoms. The van der Waals surface area contributed by atoms with Crippen molar-refractivity contribution in [1.29, 1.82) is 0 Å². The number of hydrogen-bond acceptors (Lipinski definition) is 3. The van der Waals surface area contributed by atoms with Crippen LogP contribution < -0.4 is 0 Å². The van der Waals surface area contributed by atoms with Gasteiger partial charge in [-0.1, -0.05) is 11.6 Å². The second kappa shape index (κ2) is 3.14. The van der Waals surface area contributed by atoms with Crippen LogP contribution in [0.4, 0.5) is 0 Å². The molecule has 0 N–H and O–H groups in total. The minimum atomic E-state index is 0.482. The Morgan fingerprint density at radius 1 is 1.38 bits per heavy atom. The largest absolute Gasteiger partial charge is 0.274 e. The van der Waals surface area contributed by atoms with Gasteiger partial charge in [-0.15, -0.1) is 0 Å². The van der Waals surface area contributed by atoms with E-state index in [2.05, 4.69) is 15.3 Å². The van der Waals surface area contributed by atoms with Crippen LogP contribution in [0, 0.1) is 0 Å². The van der Waals surface area contributed by atoms with Crippen molar-refractivity contribution in [3.05, 3.63) is 29.8 Å². The maximum atomic E-state index is 5.90. The van der Waals surface area contributed by atoms with Crippen LogP contribution in [0.25, 0.3) is 11.1 Å². The van der Waals surface area contributed by atoms with Crippen molar-refractivity contribution in [1.82, 2.24) is 20.0 Å². The first kappa shape index (κ1) is 8.19. The average Bonchev–Trinajstić information content (AvgIpc) is 2.47. The van der Waals surface area contributed by atoms with Gasteiger partial charge in [-0.25, -0.2) is 0 Å². The Morgan fingerprint density at radius 2 is 2.23 bits per heavy atom. The van der Waals surface area contributed by atoms with Crippen molar-refractivity contribution < 1.29 is 0 Å². The first-order valence-corrected chi connectivity index (χ1v) is 4.11. The highest BCUT2D eigenvalue weighted by Gasteiger charge is 2.06. The van der Waals surface area contributed by atoms with Crippen LogP contribution in [-0.4, -0.2) is 20.0 Å². The Labute approximate surface area is 80.2 Å². The Bertz CT molecular complexity index is 409. The Morgan fingerprint density at radius 3 is 2.77 bits per heavy atom. The molecule has 0 saturated carbocycles. The molecule has 0 aliphatic heterocycles. The van der Waals surface area contributed by atoms with Crippen molar-refractivity contribution in [3.8, 4) is 11.1 Å². The number of aromatic nitrogens is 4. The summed E-state index contributed by atoms with van der Waals surface area (Å²) in [4.78, 5) is 0. The quantitative estimate of drug-likeness (QED) is 0.692. The summed E-state index contributed by atoms with van der Waals surface area (Å²) in [5, 5.41) is 12.0. The van der Waals surface area contributed by atoms with Gasteiger partial charge in [0.05, 0.1) is 12.4 Å². The molecule has 0 spiro atoms. The fourth-order valence-electron chi connectivity index (χ4n) is 1.10. The Balaban J connectivity index is 2.53. The van der Waals surface area contributed by atoms with Gasteiger partial charge in [0.1, 0.15) is 0 Å². The monoisotopic (exact) mass is 194 g/mol. The lowest BCUT2D eigenvalue weighted by atomic mass is 10.2. The van der Waals surface area contributed by atoms with Crippen molar-refractivity contribution in [2.75, 3.05) is 0 Å². The van der Waals surface area contributed by atoms with E-state index in [0.29, 0.717) is 5.15 Å². The van der Waals surface area contributed by atoms with E-state index < -0.39 is 0 Å². The predicted molar refractivity (Wildman–Crippen MR) is 49.2 cm³/mol. The van der Waals surface area contributed by atoms with Crippen molar-refractivity contribution in [3.63, 3.8) is 0 Å². The first-order chi connectivity index (χ1) is 6.27. The van der Waals surface area contributed by atoms with E-state index in [0.717, 1.165) is 11.1 Å². The summed E-state index contributed by atoms with van der Waals surface area (Å²) in [7, 11) is 1.82. The third kappa shape index (κ3) is 1.53. The maximum absolute atomic E-state index is 5.90. The molecule has 0 saturated heterocycles. The summed E-state index contributed by atoms with van der Waals surface area (Å²) in [5.74, 6) is 0. The first-order valence-electron chi connectivity index (χ1n) is 3.73. The van der Waals surface area contributed by atoms with Gasteiger partial charge < -0.3 is 0 Å². The number of hydrogen-bond donors (Lipinski definition) is 0. The van der Waals surface area contributed by atoms with Crippen molar-refractivity contribution >= 4 is 11.6 Å². The van der Waals surface area contributed by atoms with Crippen LogP contribution in [0.2, 0.25) is 5.15 Å². The van der Waals surface area contributed by atoms with Crippen LogP contribution in [0.5, 0.6) is 0 Å². The second-order valence-corrected chi connectivity index (χ2v) is 3.00. The molecular weight excluding hydrogens is 188 g/mol. The summed E-state index contributed by atoms with van der Waals surface area (Å²) < 4.78 is 1.66. The molecule has 0 aliphatic carbocycles. The molecule has 0 unspecified atom stereocenters. The van der Waals surface area contributed by atoms with Crippen LogP contribution in [0.1, 0.15) is 0 Å². The minimum absolute atomic E-state index is 0.482. The summed E-state index contributed by atoms with van der Waals surface area (Å²) in [6.07, 6.45) is 5.13. The highest BCUT2D eigenvalue weighted by atomic mass is 35.5. The van der Waals surface area contributed by atoms with Gasteiger partial charge in [-0.05, 0) is 6.07 Å². The highest BCUT2D eigenvalue weighted by molar-refractivity contribution is 6.32. The lowest BCUT2D eigenvalue weighted by Crippen LogP contribution is -1.84. The second-order valence-electron chi connectivity index (χ2n) is 2.64. The average molecular weight is 195 g/mol. The third-order valence-corrected chi connectivity index (χ3v) is 1.96. The molecule has 2 heterocycles. The zero-order valence-corrected chi connectivity index (χ0v) is 7.73. The van der Waals surface area contributed by atoms with E-state index in [4.69, 9.17) is 11.6 Å². The summed E-state index contributed by atoms with van der Waals surface area (Å²) in [6.45, 7) is 0. The summed E-state index contributed by atoms with van der Waals surface area (Å²) in [5.41, 5.74) is 1.80. The molecule has 0 aromatic carbocycles. The molecule has 0 atom stereocenters. The molecule has 2 rings (SSSR count). The molecule has 4 nitrogen and oxygen atoms in total. The summed E-state index contributed by atoms with van der Waals surface area (Å²) >= 11 is 5.90. The molecule has 66 valence electrons. The molecular formula is C8H7ClN4. The van der Waals surface area contributed by atoms with E-state index in [1.165, 1.54) is 0 Å². The van der Waals surface area contributed by atoms with Crippen LogP contribution in [0.3, 0.4) is 0 Å². The molecule has 5 heteroatoms. The molecule has 0 fully saturated rings. The third-order valence-electron chi connectivity index (χ3n) is 1.68. The van der Waals surface area contributed by atoms with Crippen LogP contribution in [-0.2, 0) is 7.05 Å². The van der Waals surface area contributed by atoms with E-state index in [9.17, 15) is 0 Å². The van der Waals surface area contributed by atoms with Crippen molar-refractivity contribution in [2.45, 2.75) is 0 Å². The highest BCUT2D eigenvalue weighted by Crippen LogP contribution is 2.24. The van der Waals surface area contributed by atoms with Gasteiger partial charge >= 0.3 is 0 Å². The number of halogens is 1. The van der Waals surface area contributed by atoms with Gasteiger partial charge in [0.2, 0.25) is 0 Å². The maximum Gasteiger partial charge on any atom is 0.158 e. The molecule has 2 aromatic heterocycles. The van der Waals surface area contributed by atoms with Gasteiger partial charge in [-0.3, -0.25) is 4.68 Å². The zero-order valence-electron chi connectivity index (χ0n) is 6.98. The van der Waals surface area contributed by atoms with Crippen LogP contribution in [0.15, 0.2) is 24.7 Å². The van der Waals surface area contributed by atoms with Gasteiger partial charge in [-0.2, -0.15) is 15.3 Å². The fraction of sp³-hybridized carbons (Fsp3) is 0.125. The number of aryl methyl sites for hydroxylation is 1. The standard InChI is InChI=1S/C8H7ClN4/c1-13-5-7(8(9)12-13)6-2-3-10-11-4-6/h2-5H,1H3. The fourth-order valence-corrected chi connectivity index (χ4v) is 1.38. The zero-order chi connectivity index (χ0) is 9.26.